The Hall–Kier alpha value is -2.95. The monoisotopic (exact) mass is 431 g/mol. The molecule has 1 fully saturated rings. The number of unbranched alkanes of at least 4 members (excludes halogenated alkanes) is 2. The van der Waals surface area contributed by atoms with E-state index in [-0.39, 0.29) is 17.7 Å². The second-order valence-electron chi connectivity index (χ2n) is 9.04. The van der Waals surface area contributed by atoms with E-state index in [9.17, 15) is 9.59 Å². The number of hydrogen-bond donors (Lipinski definition) is 1. The van der Waals surface area contributed by atoms with Gasteiger partial charge in [-0.15, -0.1) is 0 Å². The van der Waals surface area contributed by atoms with Gasteiger partial charge in [0.05, 0.1) is 11.4 Å². The fraction of sp³-hybridized carbons (Fsp3) is 0.444. The summed E-state index contributed by atoms with van der Waals surface area (Å²) in [4.78, 5) is 33.1. The molecule has 1 aliphatic carbocycles. The highest BCUT2D eigenvalue weighted by Gasteiger charge is 2.34. The first-order valence-corrected chi connectivity index (χ1v) is 11.9. The van der Waals surface area contributed by atoms with Crippen molar-refractivity contribution >= 4 is 23.2 Å². The Morgan fingerprint density at radius 1 is 1.09 bits per heavy atom. The Morgan fingerprint density at radius 3 is 2.53 bits per heavy atom. The molecule has 2 aromatic rings. The van der Waals surface area contributed by atoms with Crippen LogP contribution in [-0.4, -0.2) is 30.7 Å². The van der Waals surface area contributed by atoms with Crippen LogP contribution in [0.5, 0.6) is 0 Å². The van der Waals surface area contributed by atoms with Crippen molar-refractivity contribution in [1.29, 1.82) is 0 Å². The zero-order chi connectivity index (χ0) is 22.5. The van der Waals surface area contributed by atoms with Crippen molar-refractivity contribution < 1.29 is 9.59 Å². The summed E-state index contributed by atoms with van der Waals surface area (Å²) in [7, 11) is 1.76. The van der Waals surface area contributed by atoms with E-state index in [2.05, 4.69) is 12.2 Å². The molecule has 1 heterocycles. The predicted octanol–water partition coefficient (Wildman–Crippen LogP) is 4.94. The number of nitrogens with one attached hydrogen (secondary N) is 1. The summed E-state index contributed by atoms with van der Waals surface area (Å²) in [5.74, 6) is 0.359. The van der Waals surface area contributed by atoms with Crippen LogP contribution < -0.4 is 10.2 Å². The van der Waals surface area contributed by atoms with Crippen LogP contribution in [0.25, 0.3) is 0 Å². The lowest BCUT2D eigenvalue weighted by Crippen LogP contribution is -2.48. The van der Waals surface area contributed by atoms with Crippen LogP contribution in [0.3, 0.4) is 0 Å². The van der Waals surface area contributed by atoms with E-state index in [4.69, 9.17) is 4.99 Å². The van der Waals surface area contributed by atoms with Gasteiger partial charge in [0.15, 0.2) is 0 Å². The summed E-state index contributed by atoms with van der Waals surface area (Å²) < 4.78 is 0. The first kappa shape index (κ1) is 22.3. The number of hydrogen-bond acceptors (Lipinski definition) is 3. The molecular weight excluding hydrogens is 398 g/mol. The van der Waals surface area contributed by atoms with E-state index >= 15 is 0 Å². The van der Waals surface area contributed by atoms with E-state index in [1.54, 1.807) is 11.9 Å². The third-order valence-corrected chi connectivity index (χ3v) is 6.51. The van der Waals surface area contributed by atoms with Gasteiger partial charge in [0.1, 0.15) is 0 Å². The molecule has 0 aromatic heterocycles. The van der Waals surface area contributed by atoms with E-state index < -0.39 is 6.17 Å². The lowest BCUT2D eigenvalue weighted by atomic mass is 9.94. The number of carbonyl (C=O) groups is 2. The average Bonchev–Trinajstić information content (AvgIpc) is 3.65. The molecule has 2 aromatic carbocycles. The number of likely N-dealkylation sites (N-methyl/N-ethyl adjacent to an activating group) is 1. The maximum absolute atomic E-state index is 13.3. The molecule has 2 aliphatic rings. The van der Waals surface area contributed by atoms with Gasteiger partial charge in [-0.3, -0.25) is 9.59 Å². The minimum Gasteiger partial charge on any atom is -0.326 e. The number of anilines is 1. The molecule has 0 bridgehead atoms. The second kappa shape index (κ2) is 10.1. The highest BCUT2D eigenvalue weighted by molar-refractivity contribution is 6.20. The Morgan fingerprint density at radius 2 is 1.81 bits per heavy atom. The van der Waals surface area contributed by atoms with Crippen molar-refractivity contribution in [2.45, 2.75) is 58.0 Å². The lowest BCUT2D eigenvalue weighted by Gasteiger charge is -2.23. The molecule has 0 spiro atoms. The molecule has 5 heteroatoms. The van der Waals surface area contributed by atoms with E-state index in [1.165, 1.54) is 12.8 Å². The molecule has 168 valence electrons. The van der Waals surface area contributed by atoms with Gasteiger partial charge in [0, 0.05) is 24.1 Å². The van der Waals surface area contributed by atoms with Crippen molar-refractivity contribution in [3.8, 4) is 0 Å². The van der Waals surface area contributed by atoms with Gasteiger partial charge in [-0.2, -0.15) is 0 Å². The van der Waals surface area contributed by atoms with E-state index in [1.807, 2.05) is 54.6 Å². The molecule has 2 atom stereocenters. The quantitative estimate of drug-likeness (QED) is 0.572. The van der Waals surface area contributed by atoms with Gasteiger partial charge in [-0.1, -0.05) is 87.6 Å². The molecule has 32 heavy (non-hydrogen) atoms. The van der Waals surface area contributed by atoms with Crippen LogP contribution in [0, 0.1) is 11.8 Å². The lowest BCUT2D eigenvalue weighted by molar-refractivity contribution is -0.130. The maximum atomic E-state index is 13.3. The normalized spacial score (nSPS) is 19.1. The van der Waals surface area contributed by atoms with Crippen LogP contribution in [-0.2, 0) is 9.59 Å². The van der Waals surface area contributed by atoms with Gasteiger partial charge in [0.25, 0.3) is 5.91 Å². The highest BCUT2D eigenvalue weighted by Crippen LogP contribution is 2.37. The third-order valence-electron chi connectivity index (χ3n) is 6.51. The molecule has 1 aliphatic heterocycles. The van der Waals surface area contributed by atoms with Crippen molar-refractivity contribution in [2.24, 2.45) is 16.8 Å². The molecule has 1 saturated carbocycles. The molecule has 4 rings (SSSR count). The Balaban J connectivity index is 1.63. The number of rotatable bonds is 9. The van der Waals surface area contributed by atoms with Crippen molar-refractivity contribution in [3.05, 3.63) is 65.7 Å². The number of aliphatic imine (C=N–C) groups is 1. The number of fused-ring (bicyclic) bond motifs is 1. The zero-order valence-electron chi connectivity index (χ0n) is 19.1. The van der Waals surface area contributed by atoms with Crippen LogP contribution in [0.2, 0.25) is 0 Å². The fourth-order valence-electron chi connectivity index (χ4n) is 4.45. The molecular formula is C27H33N3O2. The third kappa shape index (κ3) is 5.09. The average molecular weight is 432 g/mol. The maximum Gasteiger partial charge on any atom is 0.272 e. The van der Waals surface area contributed by atoms with Crippen LogP contribution in [0.15, 0.2) is 59.6 Å². The Bertz CT molecular complexity index is 981. The van der Waals surface area contributed by atoms with Crippen molar-refractivity contribution in [2.75, 3.05) is 11.9 Å². The van der Waals surface area contributed by atoms with Crippen LogP contribution in [0.4, 0.5) is 5.69 Å². The van der Waals surface area contributed by atoms with E-state index in [0.29, 0.717) is 5.92 Å². The summed E-state index contributed by atoms with van der Waals surface area (Å²) in [6.45, 7) is 2.17. The molecule has 2 unspecified atom stereocenters. The summed E-state index contributed by atoms with van der Waals surface area (Å²) >= 11 is 0. The summed E-state index contributed by atoms with van der Waals surface area (Å²) in [6.07, 6.45) is 6.61. The van der Waals surface area contributed by atoms with Gasteiger partial charge in [-0.25, -0.2) is 4.99 Å². The standard InChI is InChI=1S/C27H33N3O2/c1-3-4-6-13-21(18-19-16-17-19)26(31)29-25-27(32)30(2)23-15-10-9-14-22(23)24(28-25)20-11-7-5-8-12-20/h5,7-12,14-15,19,21,25H,3-4,6,13,16-18H2,1-2H3,(H,29,31). The molecule has 0 radical (unpaired) electrons. The summed E-state index contributed by atoms with van der Waals surface area (Å²) in [5.41, 5.74) is 3.35. The van der Waals surface area contributed by atoms with Gasteiger partial charge in [-0.05, 0) is 24.8 Å². The fourth-order valence-corrected chi connectivity index (χ4v) is 4.45. The molecule has 1 N–H and O–H groups in total. The van der Waals surface area contributed by atoms with Gasteiger partial charge < -0.3 is 10.2 Å². The first-order chi connectivity index (χ1) is 15.6. The topological polar surface area (TPSA) is 61.8 Å². The van der Waals surface area contributed by atoms with Gasteiger partial charge >= 0.3 is 0 Å². The first-order valence-electron chi connectivity index (χ1n) is 11.9. The smallest absolute Gasteiger partial charge is 0.272 e. The minimum atomic E-state index is -0.928. The number of nitrogens with zero attached hydrogens (tertiary/aromatic N) is 2. The zero-order valence-corrected chi connectivity index (χ0v) is 19.1. The minimum absolute atomic E-state index is 0.0399. The number of carbonyl (C=O) groups excluding carboxylic acids is 2. The van der Waals surface area contributed by atoms with Crippen molar-refractivity contribution in [3.63, 3.8) is 0 Å². The Kier molecular flexibility index (Phi) is 7.03. The summed E-state index contributed by atoms with van der Waals surface area (Å²) in [5, 5.41) is 3.02. The number of para-hydroxylation sites is 1. The van der Waals surface area contributed by atoms with Crippen molar-refractivity contribution in [1.82, 2.24) is 5.32 Å². The molecule has 0 saturated heterocycles. The number of amides is 2. The van der Waals surface area contributed by atoms with E-state index in [0.717, 1.165) is 54.6 Å². The largest absolute Gasteiger partial charge is 0.326 e. The van der Waals surface area contributed by atoms with Crippen LogP contribution in [0.1, 0.15) is 63.0 Å². The molecule has 5 nitrogen and oxygen atoms in total. The second-order valence-corrected chi connectivity index (χ2v) is 9.04. The Labute approximate surface area is 190 Å². The van der Waals surface area contributed by atoms with Crippen LogP contribution >= 0.6 is 0 Å². The predicted molar refractivity (Wildman–Crippen MR) is 129 cm³/mol. The van der Waals surface area contributed by atoms with Gasteiger partial charge in [0.2, 0.25) is 12.1 Å². The number of benzodiazepines with no additional fused rings is 1. The molecule has 2 amide bonds. The number of benzene rings is 2. The highest BCUT2D eigenvalue weighted by atomic mass is 16.2. The SMILES string of the molecule is CCCCCC(CC1CC1)C(=O)NC1N=C(c2ccccc2)c2ccccc2N(C)C1=O. The summed E-state index contributed by atoms with van der Waals surface area (Å²) in [6, 6.07) is 17.6.